The van der Waals surface area contributed by atoms with Crippen LogP contribution in [0, 0.1) is 0 Å². The maximum Gasteiger partial charge on any atom is 0.315 e. The summed E-state index contributed by atoms with van der Waals surface area (Å²) in [6.07, 6.45) is -0.181. The number of hydrogen-bond acceptors (Lipinski definition) is 4. The standard InChI is InChI=1S/C16H14O4/c1-18-12-8-5-9-13-16(12)20-15(17)10-14(19-13)11-6-3-2-4-7-11/h2-9,14H,10H2,1H3/t14-/m0/s1. The summed E-state index contributed by atoms with van der Waals surface area (Å²) < 4.78 is 16.5. The van der Waals surface area contributed by atoms with E-state index in [9.17, 15) is 4.79 Å². The van der Waals surface area contributed by atoms with Crippen LogP contribution in [0.5, 0.6) is 17.2 Å². The minimum absolute atomic E-state index is 0.168. The fourth-order valence-electron chi connectivity index (χ4n) is 2.21. The fourth-order valence-corrected chi connectivity index (χ4v) is 2.21. The number of esters is 1. The van der Waals surface area contributed by atoms with Crippen LogP contribution >= 0.6 is 0 Å². The normalized spacial score (nSPS) is 17.4. The smallest absolute Gasteiger partial charge is 0.315 e. The van der Waals surface area contributed by atoms with E-state index in [1.807, 2.05) is 30.3 Å². The van der Waals surface area contributed by atoms with E-state index in [-0.39, 0.29) is 18.5 Å². The van der Waals surface area contributed by atoms with Crippen LogP contribution in [0.1, 0.15) is 18.1 Å². The average molecular weight is 270 g/mol. The van der Waals surface area contributed by atoms with E-state index in [0.717, 1.165) is 5.56 Å². The number of benzene rings is 2. The van der Waals surface area contributed by atoms with Crippen molar-refractivity contribution in [1.82, 2.24) is 0 Å². The summed E-state index contributed by atoms with van der Waals surface area (Å²) in [4.78, 5) is 11.9. The second-order valence-corrected chi connectivity index (χ2v) is 4.48. The van der Waals surface area contributed by atoms with Crippen LogP contribution in [0.4, 0.5) is 0 Å². The van der Waals surface area contributed by atoms with Gasteiger partial charge in [0.15, 0.2) is 11.5 Å². The summed E-state index contributed by atoms with van der Waals surface area (Å²) >= 11 is 0. The number of hydrogen-bond donors (Lipinski definition) is 0. The van der Waals surface area contributed by atoms with Crippen LogP contribution in [0.2, 0.25) is 0 Å². The summed E-state index contributed by atoms with van der Waals surface area (Å²) in [5.74, 6) is 1.02. The Bertz CT molecular complexity index is 622. The van der Waals surface area contributed by atoms with Crippen molar-refractivity contribution in [2.45, 2.75) is 12.5 Å². The molecule has 0 bridgehead atoms. The van der Waals surface area contributed by atoms with Crippen molar-refractivity contribution < 1.29 is 19.0 Å². The lowest BCUT2D eigenvalue weighted by molar-refractivity contribution is -0.135. The highest BCUT2D eigenvalue weighted by Gasteiger charge is 2.27. The Kier molecular flexibility index (Phi) is 3.29. The molecule has 3 rings (SSSR count). The van der Waals surface area contributed by atoms with Gasteiger partial charge in [-0.05, 0) is 17.7 Å². The number of para-hydroxylation sites is 1. The van der Waals surface area contributed by atoms with Gasteiger partial charge in [0.1, 0.15) is 6.10 Å². The Labute approximate surface area is 116 Å². The monoisotopic (exact) mass is 270 g/mol. The molecular formula is C16H14O4. The van der Waals surface area contributed by atoms with Gasteiger partial charge >= 0.3 is 5.97 Å². The quantitative estimate of drug-likeness (QED) is 0.621. The fraction of sp³-hybridized carbons (Fsp3) is 0.188. The van der Waals surface area contributed by atoms with Crippen molar-refractivity contribution in [1.29, 1.82) is 0 Å². The van der Waals surface area contributed by atoms with E-state index >= 15 is 0 Å². The molecule has 20 heavy (non-hydrogen) atoms. The van der Waals surface area contributed by atoms with Crippen molar-refractivity contribution in [3.63, 3.8) is 0 Å². The predicted molar refractivity (Wildman–Crippen MR) is 73.1 cm³/mol. The minimum Gasteiger partial charge on any atom is -0.493 e. The van der Waals surface area contributed by atoms with Gasteiger partial charge < -0.3 is 14.2 Å². The summed E-state index contributed by atoms with van der Waals surface area (Å²) in [5, 5.41) is 0. The number of carbonyl (C=O) groups is 1. The highest BCUT2D eigenvalue weighted by atomic mass is 16.6. The van der Waals surface area contributed by atoms with E-state index < -0.39 is 0 Å². The van der Waals surface area contributed by atoms with Gasteiger partial charge in [-0.25, -0.2) is 0 Å². The second-order valence-electron chi connectivity index (χ2n) is 4.48. The van der Waals surface area contributed by atoms with Crippen LogP contribution in [0.15, 0.2) is 48.5 Å². The first-order valence-corrected chi connectivity index (χ1v) is 6.37. The van der Waals surface area contributed by atoms with Gasteiger partial charge in [-0.2, -0.15) is 0 Å². The first kappa shape index (κ1) is 12.5. The lowest BCUT2D eigenvalue weighted by atomic mass is 10.1. The largest absolute Gasteiger partial charge is 0.493 e. The van der Waals surface area contributed by atoms with Crippen LogP contribution in [0.25, 0.3) is 0 Å². The van der Waals surface area contributed by atoms with Crippen molar-refractivity contribution in [2.75, 3.05) is 7.11 Å². The number of methoxy groups -OCH3 is 1. The molecule has 1 heterocycles. The number of ether oxygens (including phenoxy) is 3. The Morgan fingerprint density at radius 1 is 1.10 bits per heavy atom. The third-order valence-corrected chi connectivity index (χ3v) is 3.17. The molecule has 0 aromatic heterocycles. The third-order valence-electron chi connectivity index (χ3n) is 3.17. The number of carbonyl (C=O) groups excluding carboxylic acids is 1. The van der Waals surface area contributed by atoms with Gasteiger partial charge in [0, 0.05) is 0 Å². The van der Waals surface area contributed by atoms with E-state index in [2.05, 4.69) is 0 Å². The van der Waals surface area contributed by atoms with E-state index in [1.54, 1.807) is 18.2 Å². The lowest BCUT2D eigenvalue weighted by Crippen LogP contribution is -2.13. The highest BCUT2D eigenvalue weighted by Crippen LogP contribution is 2.42. The summed E-state index contributed by atoms with van der Waals surface area (Å²) in [6.45, 7) is 0. The van der Waals surface area contributed by atoms with Crippen LogP contribution in [0.3, 0.4) is 0 Å². The number of fused-ring (bicyclic) bond motifs is 1. The molecule has 1 atom stereocenters. The molecule has 0 saturated heterocycles. The van der Waals surface area contributed by atoms with Crippen LogP contribution in [-0.4, -0.2) is 13.1 Å². The molecule has 102 valence electrons. The molecule has 0 unspecified atom stereocenters. The van der Waals surface area contributed by atoms with Gasteiger partial charge in [-0.1, -0.05) is 36.4 Å². The molecule has 4 heteroatoms. The molecule has 0 saturated carbocycles. The summed E-state index contributed by atoms with van der Waals surface area (Å²) in [6, 6.07) is 14.9. The van der Waals surface area contributed by atoms with Crippen LogP contribution < -0.4 is 14.2 Å². The zero-order valence-corrected chi connectivity index (χ0v) is 11.0. The van der Waals surface area contributed by atoms with Gasteiger partial charge in [0.05, 0.1) is 13.5 Å². The first-order chi connectivity index (χ1) is 9.78. The van der Waals surface area contributed by atoms with Crippen molar-refractivity contribution in [3.8, 4) is 17.2 Å². The van der Waals surface area contributed by atoms with E-state index in [1.165, 1.54) is 7.11 Å². The molecule has 2 aromatic carbocycles. The molecule has 0 radical (unpaired) electrons. The molecule has 4 nitrogen and oxygen atoms in total. The minimum atomic E-state index is -0.350. The molecular weight excluding hydrogens is 256 g/mol. The predicted octanol–water partition coefficient (Wildman–Crippen LogP) is 3.12. The van der Waals surface area contributed by atoms with Crippen molar-refractivity contribution in [3.05, 3.63) is 54.1 Å². The van der Waals surface area contributed by atoms with Gasteiger partial charge in [-0.3, -0.25) is 4.79 Å². The maximum absolute atomic E-state index is 11.9. The molecule has 1 aliphatic heterocycles. The van der Waals surface area contributed by atoms with E-state index in [0.29, 0.717) is 17.2 Å². The Morgan fingerprint density at radius 3 is 2.65 bits per heavy atom. The van der Waals surface area contributed by atoms with Gasteiger partial charge in [0.2, 0.25) is 5.75 Å². The highest BCUT2D eigenvalue weighted by molar-refractivity contribution is 5.76. The average Bonchev–Trinajstić information content (AvgIpc) is 2.66. The first-order valence-electron chi connectivity index (χ1n) is 6.37. The molecule has 1 aliphatic rings. The molecule has 0 aliphatic carbocycles. The third kappa shape index (κ3) is 2.32. The second kappa shape index (κ2) is 5.25. The lowest BCUT2D eigenvalue weighted by Gasteiger charge is -2.16. The zero-order chi connectivity index (χ0) is 13.9. The molecule has 0 spiro atoms. The molecule has 0 fully saturated rings. The maximum atomic E-state index is 11.9. The van der Waals surface area contributed by atoms with Gasteiger partial charge in [0.25, 0.3) is 0 Å². The molecule has 2 aromatic rings. The Morgan fingerprint density at radius 2 is 1.90 bits per heavy atom. The summed E-state index contributed by atoms with van der Waals surface area (Å²) in [5.41, 5.74) is 0.945. The Balaban J connectivity index is 2.00. The van der Waals surface area contributed by atoms with Gasteiger partial charge in [-0.15, -0.1) is 0 Å². The van der Waals surface area contributed by atoms with Crippen molar-refractivity contribution >= 4 is 5.97 Å². The zero-order valence-electron chi connectivity index (χ0n) is 11.0. The van der Waals surface area contributed by atoms with E-state index in [4.69, 9.17) is 14.2 Å². The molecule has 0 amide bonds. The van der Waals surface area contributed by atoms with Crippen LogP contribution in [-0.2, 0) is 4.79 Å². The Hall–Kier alpha value is -2.49. The SMILES string of the molecule is COc1cccc2c1OC(=O)C[C@@H](c1ccccc1)O2. The molecule has 0 N–H and O–H groups in total. The summed E-state index contributed by atoms with van der Waals surface area (Å²) in [7, 11) is 1.53. The topological polar surface area (TPSA) is 44.8 Å². The number of rotatable bonds is 2. The van der Waals surface area contributed by atoms with Crippen molar-refractivity contribution in [2.24, 2.45) is 0 Å².